The molecule has 0 saturated heterocycles. The van der Waals surface area contributed by atoms with Crippen LogP contribution in [0, 0.1) is 0 Å². The van der Waals surface area contributed by atoms with Crippen molar-refractivity contribution in [3.05, 3.63) is 29.6 Å². The maximum absolute atomic E-state index is 11.2. The summed E-state index contributed by atoms with van der Waals surface area (Å²) in [6.45, 7) is 2.05. The molecule has 0 spiro atoms. The molecule has 0 aromatic carbocycles. The molecule has 0 amide bonds. The molecule has 0 fully saturated rings. The number of thiophene rings is 2. The van der Waals surface area contributed by atoms with Crippen LogP contribution in [0.3, 0.4) is 0 Å². The van der Waals surface area contributed by atoms with Crippen LogP contribution >= 0.6 is 34.4 Å². The van der Waals surface area contributed by atoms with Gasteiger partial charge in [-0.25, -0.2) is 0 Å². The van der Waals surface area contributed by atoms with Gasteiger partial charge in [-0.15, -0.1) is 34.4 Å². The molecule has 0 aliphatic carbocycles. The van der Waals surface area contributed by atoms with Crippen molar-refractivity contribution in [2.75, 3.05) is 7.11 Å². The first-order chi connectivity index (χ1) is 8.69. The molecule has 96 valence electrons. The van der Waals surface area contributed by atoms with Crippen molar-refractivity contribution >= 4 is 40.4 Å². The van der Waals surface area contributed by atoms with Crippen molar-refractivity contribution in [2.24, 2.45) is 0 Å². The highest BCUT2D eigenvalue weighted by atomic mass is 32.2. The van der Waals surface area contributed by atoms with Crippen molar-refractivity contribution in [3.63, 3.8) is 0 Å². The Morgan fingerprint density at radius 2 is 2.22 bits per heavy atom. The van der Waals surface area contributed by atoms with Crippen molar-refractivity contribution in [3.8, 4) is 9.75 Å². The molecule has 0 aliphatic rings. The number of hydrogen-bond donors (Lipinski definition) is 0. The Kier molecular flexibility index (Phi) is 4.86. The van der Waals surface area contributed by atoms with Gasteiger partial charge in [0.15, 0.2) is 0 Å². The number of esters is 1. The number of hydrogen-bond acceptors (Lipinski definition) is 5. The van der Waals surface area contributed by atoms with Crippen LogP contribution in [0.25, 0.3) is 9.75 Å². The van der Waals surface area contributed by atoms with Gasteiger partial charge in [-0.1, -0.05) is 13.0 Å². The summed E-state index contributed by atoms with van der Waals surface area (Å²) in [5.74, 6) is -0.148. The van der Waals surface area contributed by atoms with Gasteiger partial charge in [0.2, 0.25) is 0 Å². The Labute approximate surface area is 119 Å². The average molecular weight is 298 g/mol. The van der Waals surface area contributed by atoms with Crippen LogP contribution in [-0.4, -0.2) is 18.3 Å². The fraction of sp³-hybridized carbons (Fsp3) is 0.308. The lowest BCUT2D eigenvalue weighted by Crippen LogP contribution is -2.07. The van der Waals surface area contributed by atoms with Gasteiger partial charge in [-0.2, -0.15) is 0 Å². The van der Waals surface area contributed by atoms with E-state index in [0.29, 0.717) is 6.42 Å². The Balaban J connectivity index is 1.96. The predicted molar refractivity (Wildman–Crippen MR) is 79.6 cm³/mol. The summed E-state index contributed by atoms with van der Waals surface area (Å²) in [6.07, 6.45) is 0.452. The third kappa shape index (κ3) is 3.60. The highest BCUT2D eigenvalue weighted by Gasteiger charge is 2.12. The smallest absolute Gasteiger partial charge is 0.306 e. The Morgan fingerprint density at radius 1 is 1.39 bits per heavy atom. The highest BCUT2D eigenvalue weighted by molar-refractivity contribution is 8.01. The Morgan fingerprint density at radius 3 is 2.89 bits per heavy atom. The van der Waals surface area contributed by atoms with E-state index in [-0.39, 0.29) is 11.2 Å². The van der Waals surface area contributed by atoms with Gasteiger partial charge >= 0.3 is 5.97 Å². The molecule has 2 aromatic rings. The first kappa shape index (κ1) is 13.6. The molecule has 1 atom stereocenters. The standard InChI is InChI=1S/C13H14O2S3/c1-9(8-12(14)15-2)17-13-6-5-11(18-13)10-4-3-7-16-10/h3-7,9H,8H2,1-2H3/t9-/m0/s1. The van der Waals surface area contributed by atoms with Gasteiger partial charge < -0.3 is 4.74 Å². The maximum Gasteiger partial charge on any atom is 0.306 e. The van der Waals surface area contributed by atoms with E-state index in [9.17, 15) is 4.79 Å². The zero-order chi connectivity index (χ0) is 13.0. The van der Waals surface area contributed by atoms with E-state index in [1.165, 1.54) is 21.1 Å². The third-order valence-corrected chi connectivity index (χ3v) is 5.77. The maximum atomic E-state index is 11.2. The van der Waals surface area contributed by atoms with Gasteiger partial charge in [-0.3, -0.25) is 4.79 Å². The van der Waals surface area contributed by atoms with Gasteiger partial charge in [0.05, 0.1) is 17.7 Å². The average Bonchev–Trinajstić information content (AvgIpc) is 2.98. The van der Waals surface area contributed by atoms with Crippen LogP contribution in [0.1, 0.15) is 13.3 Å². The van der Waals surface area contributed by atoms with Crippen LogP contribution in [0.5, 0.6) is 0 Å². The first-order valence-electron chi connectivity index (χ1n) is 5.56. The van der Waals surface area contributed by atoms with E-state index in [4.69, 9.17) is 0 Å². The lowest BCUT2D eigenvalue weighted by atomic mass is 10.3. The molecule has 2 heterocycles. The van der Waals surface area contributed by atoms with Crippen LogP contribution in [0.15, 0.2) is 33.9 Å². The molecule has 0 saturated carbocycles. The predicted octanol–water partition coefficient (Wildman–Crippen LogP) is 4.52. The molecule has 5 heteroatoms. The quantitative estimate of drug-likeness (QED) is 0.599. The summed E-state index contributed by atoms with van der Waals surface area (Å²) < 4.78 is 5.92. The Bertz CT molecular complexity index is 502. The monoisotopic (exact) mass is 298 g/mol. The van der Waals surface area contributed by atoms with E-state index in [2.05, 4.69) is 34.4 Å². The summed E-state index contributed by atoms with van der Waals surface area (Å²) in [4.78, 5) is 13.8. The minimum Gasteiger partial charge on any atom is -0.469 e. The van der Waals surface area contributed by atoms with Crippen LogP contribution in [0.2, 0.25) is 0 Å². The van der Waals surface area contributed by atoms with Crippen LogP contribution in [-0.2, 0) is 9.53 Å². The number of carbonyl (C=O) groups excluding carboxylic acids is 1. The molecule has 0 radical (unpaired) electrons. The van der Waals surface area contributed by atoms with Gasteiger partial charge in [-0.05, 0) is 23.6 Å². The topological polar surface area (TPSA) is 26.3 Å². The molecule has 0 unspecified atom stereocenters. The number of rotatable bonds is 5. The van der Waals surface area contributed by atoms with Crippen LogP contribution < -0.4 is 0 Å². The van der Waals surface area contributed by atoms with E-state index < -0.39 is 0 Å². The highest BCUT2D eigenvalue weighted by Crippen LogP contribution is 2.38. The molecule has 18 heavy (non-hydrogen) atoms. The Hall–Kier alpha value is -0.780. The fourth-order valence-electron chi connectivity index (χ4n) is 1.49. The molecule has 2 aromatic heterocycles. The van der Waals surface area contributed by atoms with Crippen molar-refractivity contribution < 1.29 is 9.53 Å². The summed E-state index contributed by atoms with van der Waals surface area (Å²) in [6, 6.07) is 8.46. The number of methoxy groups -OCH3 is 1. The number of thioether (sulfide) groups is 1. The largest absolute Gasteiger partial charge is 0.469 e. The number of carbonyl (C=O) groups is 1. The lowest BCUT2D eigenvalue weighted by molar-refractivity contribution is -0.140. The number of ether oxygens (including phenoxy) is 1. The molecular weight excluding hydrogens is 284 g/mol. The van der Waals surface area contributed by atoms with E-state index in [1.807, 2.05) is 6.92 Å². The minimum atomic E-state index is -0.148. The lowest BCUT2D eigenvalue weighted by Gasteiger charge is -2.07. The second-order valence-electron chi connectivity index (χ2n) is 3.80. The molecule has 0 N–H and O–H groups in total. The zero-order valence-corrected chi connectivity index (χ0v) is 12.7. The minimum absolute atomic E-state index is 0.148. The second-order valence-corrected chi connectivity index (χ2v) is 7.57. The van der Waals surface area contributed by atoms with E-state index >= 15 is 0 Å². The van der Waals surface area contributed by atoms with Gasteiger partial charge in [0.1, 0.15) is 0 Å². The SMILES string of the molecule is COC(=O)C[C@H](C)Sc1ccc(-c2cccs2)s1. The molecule has 2 nitrogen and oxygen atoms in total. The van der Waals surface area contributed by atoms with Crippen LogP contribution in [0.4, 0.5) is 0 Å². The summed E-state index contributed by atoms with van der Waals surface area (Å²) in [7, 11) is 1.43. The van der Waals surface area contributed by atoms with Gasteiger partial charge in [0, 0.05) is 15.0 Å². The van der Waals surface area contributed by atoms with E-state index in [1.54, 1.807) is 34.4 Å². The molecule has 2 rings (SSSR count). The van der Waals surface area contributed by atoms with Crippen molar-refractivity contribution in [1.82, 2.24) is 0 Å². The summed E-state index contributed by atoms with van der Waals surface area (Å²) in [5.41, 5.74) is 0. The molecular formula is C13H14O2S3. The fourth-order valence-corrected chi connectivity index (χ4v) is 4.78. The molecule has 0 bridgehead atoms. The second kappa shape index (κ2) is 6.41. The van der Waals surface area contributed by atoms with Gasteiger partial charge in [0.25, 0.3) is 0 Å². The van der Waals surface area contributed by atoms with Crippen molar-refractivity contribution in [1.29, 1.82) is 0 Å². The summed E-state index contributed by atoms with van der Waals surface area (Å²) in [5, 5.41) is 2.33. The van der Waals surface area contributed by atoms with Crippen molar-refractivity contribution in [2.45, 2.75) is 22.8 Å². The first-order valence-corrected chi connectivity index (χ1v) is 8.14. The summed E-state index contributed by atoms with van der Waals surface area (Å²) >= 11 is 5.25. The third-order valence-electron chi connectivity index (χ3n) is 2.34. The normalized spacial score (nSPS) is 12.3. The zero-order valence-electron chi connectivity index (χ0n) is 10.2. The molecule has 0 aliphatic heterocycles. The van der Waals surface area contributed by atoms with E-state index in [0.717, 1.165) is 0 Å².